The zero-order valence-electron chi connectivity index (χ0n) is 13.6. The first-order valence-electron chi connectivity index (χ1n) is 7.80. The van der Waals surface area contributed by atoms with Gasteiger partial charge < -0.3 is 10.1 Å². The standard InChI is InChI=1S/C17H15BrN4OS2/c1-3-24-17-20-15-13(21-22-17)11-8-10(18)4-5-12(11)19-16(23-15)14-9(2)6-7-25-14/h4-8,16,19H,3H2,1-2H3/t16-/m0/s1. The maximum atomic E-state index is 6.25. The number of aromatic nitrogens is 3. The number of benzene rings is 1. The first-order valence-corrected chi connectivity index (χ1v) is 10.5. The zero-order chi connectivity index (χ0) is 17.4. The van der Waals surface area contributed by atoms with Crippen LogP contribution in [0.25, 0.3) is 11.3 Å². The van der Waals surface area contributed by atoms with Gasteiger partial charge in [-0.25, -0.2) is 0 Å². The van der Waals surface area contributed by atoms with Crippen LogP contribution in [0.4, 0.5) is 5.69 Å². The molecule has 5 nitrogen and oxygen atoms in total. The fourth-order valence-corrected chi connectivity index (χ4v) is 4.40. The molecule has 128 valence electrons. The number of aryl methyl sites for hydroxylation is 1. The van der Waals surface area contributed by atoms with Gasteiger partial charge >= 0.3 is 0 Å². The minimum absolute atomic E-state index is 0.308. The molecule has 3 heterocycles. The van der Waals surface area contributed by atoms with Gasteiger partial charge in [0.05, 0.1) is 4.88 Å². The van der Waals surface area contributed by atoms with Crippen molar-refractivity contribution in [3.8, 4) is 17.1 Å². The van der Waals surface area contributed by atoms with Gasteiger partial charge in [-0.2, -0.15) is 4.98 Å². The molecule has 4 rings (SSSR count). The van der Waals surface area contributed by atoms with Gasteiger partial charge in [-0.05, 0) is 47.9 Å². The van der Waals surface area contributed by atoms with E-state index in [0.29, 0.717) is 16.7 Å². The predicted octanol–water partition coefficient (Wildman–Crippen LogP) is 5.29. The molecule has 1 atom stereocenters. The average Bonchev–Trinajstić information content (AvgIpc) is 2.95. The van der Waals surface area contributed by atoms with Gasteiger partial charge in [0, 0.05) is 15.7 Å². The summed E-state index contributed by atoms with van der Waals surface area (Å²) in [6.45, 7) is 4.15. The molecule has 1 aromatic carbocycles. The Hall–Kier alpha value is -1.64. The second kappa shape index (κ2) is 6.93. The summed E-state index contributed by atoms with van der Waals surface area (Å²) in [5, 5.41) is 14.8. The normalized spacial score (nSPS) is 15.6. The number of fused-ring (bicyclic) bond motifs is 3. The Balaban J connectivity index is 1.87. The van der Waals surface area contributed by atoms with Gasteiger partial charge in [0.15, 0.2) is 5.69 Å². The topological polar surface area (TPSA) is 59.9 Å². The molecule has 3 aromatic rings. The van der Waals surface area contributed by atoms with Crippen molar-refractivity contribution < 1.29 is 4.74 Å². The van der Waals surface area contributed by atoms with Crippen molar-refractivity contribution in [1.82, 2.24) is 15.2 Å². The van der Waals surface area contributed by atoms with Crippen molar-refractivity contribution in [1.29, 1.82) is 0 Å². The Bertz CT molecular complexity index is 931. The second-order valence-corrected chi connectivity index (χ2v) is 8.58. The molecular formula is C17H15BrN4OS2. The van der Waals surface area contributed by atoms with Crippen LogP contribution in [0, 0.1) is 6.92 Å². The quantitative estimate of drug-likeness (QED) is 0.565. The number of rotatable bonds is 3. The predicted molar refractivity (Wildman–Crippen MR) is 105 cm³/mol. The monoisotopic (exact) mass is 434 g/mol. The highest BCUT2D eigenvalue weighted by Gasteiger charge is 2.27. The molecule has 1 aliphatic heterocycles. The Labute approximate surface area is 162 Å². The molecule has 0 saturated heterocycles. The van der Waals surface area contributed by atoms with Gasteiger partial charge in [-0.15, -0.1) is 21.5 Å². The third-order valence-electron chi connectivity index (χ3n) is 3.80. The number of thioether (sulfide) groups is 1. The lowest BCUT2D eigenvalue weighted by atomic mass is 10.1. The van der Waals surface area contributed by atoms with Crippen LogP contribution in [0.1, 0.15) is 23.6 Å². The molecule has 1 N–H and O–H groups in total. The molecule has 0 unspecified atom stereocenters. The van der Waals surface area contributed by atoms with Crippen LogP contribution in [0.5, 0.6) is 5.88 Å². The fraction of sp³-hybridized carbons (Fsp3) is 0.235. The van der Waals surface area contributed by atoms with Gasteiger partial charge in [0.25, 0.3) is 0 Å². The molecule has 0 saturated carbocycles. The number of nitrogens with zero attached hydrogens (tertiary/aromatic N) is 3. The van der Waals surface area contributed by atoms with E-state index in [0.717, 1.165) is 26.4 Å². The molecular weight excluding hydrogens is 420 g/mol. The van der Waals surface area contributed by atoms with E-state index in [1.165, 1.54) is 5.56 Å². The molecule has 0 radical (unpaired) electrons. The van der Waals surface area contributed by atoms with Crippen LogP contribution < -0.4 is 10.1 Å². The molecule has 25 heavy (non-hydrogen) atoms. The summed E-state index contributed by atoms with van der Waals surface area (Å²) >= 11 is 6.75. The maximum Gasteiger partial charge on any atom is 0.247 e. The summed E-state index contributed by atoms with van der Waals surface area (Å²) in [7, 11) is 0. The molecule has 0 aliphatic carbocycles. The molecule has 0 bridgehead atoms. The fourth-order valence-electron chi connectivity index (χ4n) is 2.63. The van der Waals surface area contributed by atoms with Gasteiger partial charge in [-0.3, -0.25) is 0 Å². The zero-order valence-corrected chi connectivity index (χ0v) is 16.8. The number of hydrogen-bond acceptors (Lipinski definition) is 7. The minimum Gasteiger partial charge on any atom is -0.447 e. The van der Waals surface area contributed by atoms with Crippen LogP contribution >= 0.6 is 39.0 Å². The highest BCUT2D eigenvalue weighted by Crippen LogP contribution is 2.42. The van der Waals surface area contributed by atoms with E-state index in [9.17, 15) is 0 Å². The van der Waals surface area contributed by atoms with E-state index in [4.69, 9.17) is 4.74 Å². The first kappa shape index (κ1) is 16.8. The Morgan fingerprint density at radius 2 is 2.20 bits per heavy atom. The molecule has 0 spiro atoms. The highest BCUT2D eigenvalue weighted by atomic mass is 79.9. The average molecular weight is 435 g/mol. The number of anilines is 1. The number of hydrogen-bond donors (Lipinski definition) is 1. The van der Waals surface area contributed by atoms with Gasteiger partial charge in [0.1, 0.15) is 0 Å². The Morgan fingerprint density at radius 3 is 2.96 bits per heavy atom. The summed E-state index contributed by atoms with van der Waals surface area (Å²) < 4.78 is 7.22. The van der Waals surface area contributed by atoms with Crippen molar-refractivity contribution in [2.24, 2.45) is 0 Å². The van der Waals surface area contributed by atoms with Crippen molar-refractivity contribution in [2.45, 2.75) is 25.2 Å². The smallest absolute Gasteiger partial charge is 0.247 e. The van der Waals surface area contributed by atoms with Crippen LogP contribution in [0.2, 0.25) is 0 Å². The van der Waals surface area contributed by atoms with E-state index in [-0.39, 0.29) is 6.23 Å². The van der Waals surface area contributed by atoms with Crippen LogP contribution in [-0.2, 0) is 0 Å². The van der Waals surface area contributed by atoms with E-state index in [2.05, 4.69) is 61.7 Å². The van der Waals surface area contributed by atoms with Crippen molar-refractivity contribution in [3.63, 3.8) is 0 Å². The van der Waals surface area contributed by atoms with Crippen LogP contribution in [0.15, 0.2) is 39.3 Å². The SMILES string of the molecule is CCSc1nnc2c(n1)O[C@@H](c1sccc1C)Nc1ccc(Br)cc1-2. The minimum atomic E-state index is -0.308. The lowest BCUT2D eigenvalue weighted by molar-refractivity contribution is 0.228. The molecule has 0 amide bonds. The molecule has 0 fully saturated rings. The van der Waals surface area contributed by atoms with Gasteiger partial charge in [-0.1, -0.05) is 34.6 Å². The van der Waals surface area contributed by atoms with E-state index in [1.54, 1.807) is 23.1 Å². The Morgan fingerprint density at radius 1 is 1.32 bits per heavy atom. The highest BCUT2D eigenvalue weighted by molar-refractivity contribution is 9.10. The van der Waals surface area contributed by atoms with Crippen molar-refractivity contribution in [2.75, 3.05) is 11.1 Å². The largest absolute Gasteiger partial charge is 0.447 e. The third-order valence-corrected chi connectivity index (χ3v) is 6.08. The second-order valence-electron chi connectivity index (χ2n) is 5.48. The van der Waals surface area contributed by atoms with E-state index >= 15 is 0 Å². The molecule has 2 aromatic heterocycles. The third kappa shape index (κ3) is 3.26. The molecule has 1 aliphatic rings. The van der Waals surface area contributed by atoms with E-state index < -0.39 is 0 Å². The van der Waals surface area contributed by atoms with Crippen molar-refractivity contribution >= 4 is 44.7 Å². The summed E-state index contributed by atoms with van der Waals surface area (Å²) in [4.78, 5) is 5.73. The number of halogens is 1. The molecule has 8 heteroatoms. The number of nitrogens with one attached hydrogen (secondary N) is 1. The first-order chi connectivity index (χ1) is 12.2. The number of thiophene rings is 1. The number of ether oxygens (including phenoxy) is 1. The van der Waals surface area contributed by atoms with Crippen LogP contribution in [0.3, 0.4) is 0 Å². The lowest BCUT2D eigenvalue weighted by Gasteiger charge is -2.18. The Kier molecular flexibility index (Phi) is 4.66. The van der Waals surface area contributed by atoms with Crippen molar-refractivity contribution in [3.05, 3.63) is 44.6 Å². The lowest BCUT2D eigenvalue weighted by Crippen LogP contribution is -2.16. The summed E-state index contributed by atoms with van der Waals surface area (Å²) in [6.07, 6.45) is -0.308. The van der Waals surface area contributed by atoms with E-state index in [1.807, 2.05) is 18.2 Å². The summed E-state index contributed by atoms with van der Waals surface area (Å²) in [5.41, 5.74) is 3.72. The summed E-state index contributed by atoms with van der Waals surface area (Å²) in [5.74, 6) is 1.39. The van der Waals surface area contributed by atoms with Gasteiger partial charge in [0.2, 0.25) is 17.3 Å². The van der Waals surface area contributed by atoms with Crippen LogP contribution in [-0.4, -0.2) is 20.9 Å². The summed E-state index contributed by atoms with van der Waals surface area (Å²) in [6, 6.07) is 8.12. The maximum absolute atomic E-state index is 6.25.